The molecule has 2 heterocycles. The van der Waals surface area contributed by atoms with E-state index in [2.05, 4.69) is 10.3 Å². The predicted octanol–water partition coefficient (Wildman–Crippen LogP) is 2.82. The second-order valence-corrected chi connectivity index (χ2v) is 5.88. The molecule has 5 nitrogen and oxygen atoms in total. The van der Waals surface area contributed by atoms with E-state index >= 15 is 0 Å². The SMILES string of the molecule is CCC(=O)N1CCC(C(=O)Nc2cccc3cccnc23)CC1. The fraction of sp³-hybridized carbons (Fsp3) is 0.389. The van der Waals surface area contributed by atoms with Crippen LogP contribution in [0.3, 0.4) is 0 Å². The molecule has 23 heavy (non-hydrogen) atoms. The predicted molar refractivity (Wildman–Crippen MR) is 90.0 cm³/mol. The van der Waals surface area contributed by atoms with E-state index < -0.39 is 0 Å². The van der Waals surface area contributed by atoms with Crippen LogP contribution in [0.1, 0.15) is 26.2 Å². The van der Waals surface area contributed by atoms with Gasteiger partial charge < -0.3 is 10.2 Å². The number of benzene rings is 1. The second kappa shape index (κ2) is 6.77. The molecule has 2 amide bonds. The van der Waals surface area contributed by atoms with Gasteiger partial charge in [0.25, 0.3) is 0 Å². The molecule has 1 aromatic heterocycles. The average molecular weight is 311 g/mol. The zero-order chi connectivity index (χ0) is 16.2. The van der Waals surface area contributed by atoms with Crippen LogP contribution in [0.5, 0.6) is 0 Å². The number of pyridine rings is 1. The standard InChI is InChI=1S/C18H21N3O2/c1-2-16(22)21-11-8-14(9-12-21)18(23)20-15-7-3-5-13-6-4-10-19-17(13)15/h3-7,10,14H,2,8-9,11-12H2,1H3,(H,20,23). The lowest BCUT2D eigenvalue weighted by Gasteiger charge is -2.31. The fourth-order valence-corrected chi connectivity index (χ4v) is 3.05. The second-order valence-electron chi connectivity index (χ2n) is 5.88. The third-order valence-corrected chi connectivity index (χ3v) is 4.41. The highest BCUT2D eigenvalue weighted by Gasteiger charge is 2.27. The number of likely N-dealkylation sites (tertiary alicyclic amines) is 1. The topological polar surface area (TPSA) is 62.3 Å². The van der Waals surface area contributed by atoms with E-state index in [1.165, 1.54) is 0 Å². The van der Waals surface area contributed by atoms with E-state index in [1.54, 1.807) is 6.20 Å². The van der Waals surface area contributed by atoms with E-state index in [9.17, 15) is 9.59 Å². The van der Waals surface area contributed by atoms with Crippen molar-refractivity contribution in [2.45, 2.75) is 26.2 Å². The van der Waals surface area contributed by atoms with Crippen LogP contribution in [-0.2, 0) is 9.59 Å². The molecule has 1 saturated heterocycles. The van der Waals surface area contributed by atoms with Crippen LogP contribution in [0.25, 0.3) is 10.9 Å². The first-order valence-corrected chi connectivity index (χ1v) is 8.11. The smallest absolute Gasteiger partial charge is 0.227 e. The number of aromatic nitrogens is 1. The minimum absolute atomic E-state index is 0.0201. The van der Waals surface area contributed by atoms with Crippen LogP contribution < -0.4 is 5.32 Å². The summed E-state index contributed by atoms with van der Waals surface area (Å²) >= 11 is 0. The zero-order valence-corrected chi connectivity index (χ0v) is 13.3. The Morgan fingerprint density at radius 3 is 2.70 bits per heavy atom. The summed E-state index contributed by atoms with van der Waals surface area (Å²) in [4.78, 5) is 30.4. The molecule has 3 rings (SSSR count). The molecule has 2 aromatic rings. The molecule has 1 aliphatic rings. The Hall–Kier alpha value is -2.43. The molecule has 0 bridgehead atoms. The lowest BCUT2D eigenvalue weighted by Crippen LogP contribution is -2.41. The Balaban J connectivity index is 1.67. The van der Waals surface area contributed by atoms with Crippen molar-refractivity contribution in [3.63, 3.8) is 0 Å². The number of nitrogens with zero attached hydrogens (tertiary/aromatic N) is 2. The molecule has 120 valence electrons. The highest BCUT2D eigenvalue weighted by atomic mass is 16.2. The van der Waals surface area contributed by atoms with Gasteiger partial charge in [-0.1, -0.05) is 25.1 Å². The van der Waals surface area contributed by atoms with Crippen molar-refractivity contribution in [1.29, 1.82) is 0 Å². The van der Waals surface area contributed by atoms with Crippen LogP contribution in [0.2, 0.25) is 0 Å². The number of anilines is 1. The summed E-state index contributed by atoms with van der Waals surface area (Å²) in [6.45, 7) is 3.20. The Labute approximate surface area is 135 Å². The maximum atomic E-state index is 12.5. The molecule has 0 atom stereocenters. The summed E-state index contributed by atoms with van der Waals surface area (Å²) in [6.07, 6.45) is 3.69. The number of carbonyl (C=O) groups is 2. The quantitative estimate of drug-likeness (QED) is 0.948. The van der Waals surface area contributed by atoms with Gasteiger partial charge in [0, 0.05) is 37.0 Å². The molecule has 1 aliphatic heterocycles. The molecule has 0 aliphatic carbocycles. The number of piperidine rings is 1. The van der Waals surface area contributed by atoms with Gasteiger partial charge >= 0.3 is 0 Å². The molecule has 1 aromatic carbocycles. The molecule has 5 heteroatoms. The minimum atomic E-state index is -0.0464. The van der Waals surface area contributed by atoms with Gasteiger partial charge in [0.2, 0.25) is 11.8 Å². The minimum Gasteiger partial charge on any atom is -0.343 e. The summed E-state index contributed by atoms with van der Waals surface area (Å²) in [5.41, 5.74) is 1.56. The number of fused-ring (bicyclic) bond motifs is 1. The normalized spacial score (nSPS) is 15.6. The summed E-state index contributed by atoms with van der Waals surface area (Å²) in [5, 5.41) is 4.02. The molecule has 0 radical (unpaired) electrons. The largest absolute Gasteiger partial charge is 0.343 e. The summed E-state index contributed by atoms with van der Waals surface area (Å²) < 4.78 is 0. The maximum Gasteiger partial charge on any atom is 0.227 e. The number of hydrogen-bond donors (Lipinski definition) is 1. The number of rotatable bonds is 3. The van der Waals surface area contributed by atoms with E-state index in [0.717, 1.165) is 29.4 Å². The van der Waals surface area contributed by atoms with Crippen LogP contribution in [0, 0.1) is 5.92 Å². The Morgan fingerprint density at radius 2 is 1.96 bits per heavy atom. The van der Waals surface area contributed by atoms with Crippen LogP contribution in [0.4, 0.5) is 5.69 Å². The van der Waals surface area contributed by atoms with Crippen molar-refractivity contribution < 1.29 is 9.59 Å². The fourth-order valence-electron chi connectivity index (χ4n) is 3.05. The van der Waals surface area contributed by atoms with Crippen molar-refractivity contribution >= 4 is 28.4 Å². The Bertz CT molecular complexity index is 716. The van der Waals surface area contributed by atoms with Crippen molar-refractivity contribution in [1.82, 2.24) is 9.88 Å². The molecule has 1 N–H and O–H groups in total. The monoisotopic (exact) mass is 311 g/mol. The molecule has 1 fully saturated rings. The number of amides is 2. The summed E-state index contributed by atoms with van der Waals surface area (Å²) in [7, 11) is 0. The average Bonchev–Trinajstić information content (AvgIpc) is 2.61. The van der Waals surface area contributed by atoms with Gasteiger partial charge in [-0.3, -0.25) is 14.6 Å². The van der Waals surface area contributed by atoms with Gasteiger partial charge in [-0.15, -0.1) is 0 Å². The Kier molecular flexibility index (Phi) is 4.55. The van der Waals surface area contributed by atoms with Gasteiger partial charge in [0.05, 0.1) is 11.2 Å². The number of nitrogens with one attached hydrogen (secondary N) is 1. The first-order valence-electron chi connectivity index (χ1n) is 8.11. The number of para-hydroxylation sites is 1. The van der Waals surface area contributed by atoms with Gasteiger partial charge in [-0.2, -0.15) is 0 Å². The van der Waals surface area contributed by atoms with E-state index in [4.69, 9.17) is 0 Å². The van der Waals surface area contributed by atoms with Gasteiger partial charge in [-0.05, 0) is 25.0 Å². The highest BCUT2D eigenvalue weighted by Crippen LogP contribution is 2.24. The van der Waals surface area contributed by atoms with Gasteiger partial charge in [0.1, 0.15) is 0 Å². The van der Waals surface area contributed by atoms with Crippen LogP contribution in [0.15, 0.2) is 36.5 Å². The third kappa shape index (κ3) is 3.33. The van der Waals surface area contributed by atoms with Crippen molar-refractivity contribution in [3.05, 3.63) is 36.5 Å². The zero-order valence-electron chi connectivity index (χ0n) is 13.3. The van der Waals surface area contributed by atoms with Gasteiger partial charge in [-0.25, -0.2) is 0 Å². The van der Waals surface area contributed by atoms with Crippen LogP contribution >= 0.6 is 0 Å². The molecule has 0 saturated carbocycles. The molecular formula is C18H21N3O2. The third-order valence-electron chi connectivity index (χ3n) is 4.41. The van der Waals surface area contributed by atoms with Crippen molar-refractivity contribution in [2.24, 2.45) is 5.92 Å². The van der Waals surface area contributed by atoms with Crippen molar-refractivity contribution in [3.8, 4) is 0 Å². The van der Waals surface area contributed by atoms with E-state index in [1.807, 2.05) is 42.2 Å². The van der Waals surface area contributed by atoms with Crippen LogP contribution in [-0.4, -0.2) is 34.8 Å². The lowest BCUT2D eigenvalue weighted by molar-refractivity contribution is -0.134. The van der Waals surface area contributed by atoms with Crippen molar-refractivity contribution in [2.75, 3.05) is 18.4 Å². The first-order chi connectivity index (χ1) is 11.2. The number of hydrogen-bond acceptors (Lipinski definition) is 3. The lowest BCUT2D eigenvalue weighted by atomic mass is 9.95. The molecular weight excluding hydrogens is 290 g/mol. The molecule has 0 unspecified atom stereocenters. The first kappa shape index (κ1) is 15.5. The highest BCUT2D eigenvalue weighted by molar-refractivity contribution is 6.01. The maximum absolute atomic E-state index is 12.5. The summed E-state index contributed by atoms with van der Waals surface area (Å²) in [5.74, 6) is 0.142. The Morgan fingerprint density at radius 1 is 1.22 bits per heavy atom. The number of carbonyl (C=O) groups excluding carboxylic acids is 2. The van der Waals surface area contributed by atoms with E-state index in [0.29, 0.717) is 19.5 Å². The van der Waals surface area contributed by atoms with E-state index in [-0.39, 0.29) is 17.7 Å². The van der Waals surface area contributed by atoms with Gasteiger partial charge in [0.15, 0.2) is 0 Å². The molecule has 0 spiro atoms. The summed E-state index contributed by atoms with van der Waals surface area (Å²) in [6, 6.07) is 9.64.